The van der Waals surface area contributed by atoms with E-state index in [9.17, 15) is 5.11 Å². The first kappa shape index (κ1) is 22.6. The molecule has 1 aliphatic carbocycles. The highest BCUT2D eigenvalue weighted by Crippen LogP contribution is 2.32. The fraction of sp³-hybridized carbons (Fsp3) is 0.379. The van der Waals surface area contributed by atoms with Gasteiger partial charge in [0.25, 0.3) is 0 Å². The Labute approximate surface area is 192 Å². The molecule has 1 aliphatic rings. The third-order valence-electron chi connectivity index (χ3n) is 7.04. The SMILES string of the molecule is C[NH+](C[C@H](O)COc1ccc(C(C)(C)c2ccccc2)cc1)[C@@H]1CCCc2ccccc21. The molecule has 0 aromatic heterocycles. The van der Waals surface area contributed by atoms with E-state index in [1.165, 1.54) is 46.4 Å². The van der Waals surface area contributed by atoms with E-state index >= 15 is 0 Å². The van der Waals surface area contributed by atoms with Crippen LogP contribution in [0.5, 0.6) is 5.75 Å². The van der Waals surface area contributed by atoms with Crippen molar-refractivity contribution < 1.29 is 14.7 Å². The zero-order chi connectivity index (χ0) is 22.6. The van der Waals surface area contributed by atoms with Crippen molar-refractivity contribution in [3.8, 4) is 5.75 Å². The predicted molar refractivity (Wildman–Crippen MR) is 130 cm³/mol. The van der Waals surface area contributed by atoms with Crippen LogP contribution in [0, 0.1) is 0 Å². The number of quaternary nitrogens is 1. The summed E-state index contributed by atoms with van der Waals surface area (Å²) in [4.78, 5) is 1.35. The minimum absolute atomic E-state index is 0.0678. The molecule has 0 saturated heterocycles. The molecule has 3 nitrogen and oxygen atoms in total. The van der Waals surface area contributed by atoms with Crippen LogP contribution in [0.4, 0.5) is 0 Å². The lowest BCUT2D eigenvalue weighted by atomic mass is 9.78. The van der Waals surface area contributed by atoms with Gasteiger partial charge in [-0.05, 0) is 41.7 Å². The van der Waals surface area contributed by atoms with Gasteiger partial charge in [0.05, 0.1) is 7.05 Å². The molecular formula is C29H36NO2+. The molecule has 0 heterocycles. The van der Waals surface area contributed by atoms with Crippen LogP contribution >= 0.6 is 0 Å². The van der Waals surface area contributed by atoms with E-state index in [0.717, 1.165) is 5.75 Å². The second-order valence-corrected chi connectivity index (χ2v) is 9.67. The smallest absolute Gasteiger partial charge is 0.137 e. The number of hydrogen-bond acceptors (Lipinski definition) is 2. The average molecular weight is 431 g/mol. The van der Waals surface area contributed by atoms with Crippen molar-refractivity contribution in [1.82, 2.24) is 0 Å². The summed E-state index contributed by atoms with van der Waals surface area (Å²) in [6.07, 6.45) is 3.07. The first-order valence-corrected chi connectivity index (χ1v) is 11.8. The molecular weight excluding hydrogens is 394 g/mol. The second kappa shape index (κ2) is 9.89. The van der Waals surface area contributed by atoms with Crippen LogP contribution in [0.25, 0.3) is 0 Å². The maximum Gasteiger partial charge on any atom is 0.137 e. The molecule has 2 N–H and O–H groups in total. The first-order chi connectivity index (χ1) is 15.4. The van der Waals surface area contributed by atoms with Crippen molar-refractivity contribution in [2.24, 2.45) is 0 Å². The van der Waals surface area contributed by atoms with Gasteiger partial charge >= 0.3 is 0 Å². The summed E-state index contributed by atoms with van der Waals surface area (Å²) in [5.74, 6) is 0.803. The van der Waals surface area contributed by atoms with Gasteiger partial charge in [-0.15, -0.1) is 0 Å². The Kier molecular flexibility index (Phi) is 6.98. The summed E-state index contributed by atoms with van der Waals surface area (Å²) in [6, 6.07) is 28.1. The fourth-order valence-electron chi connectivity index (χ4n) is 5.02. The van der Waals surface area contributed by atoms with E-state index in [0.29, 0.717) is 19.2 Å². The van der Waals surface area contributed by atoms with E-state index < -0.39 is 6.10 Å². The lowest BCUT2D eigenvalue weighted by molar-refractivity contribution is -0.916. The summed E-state index contributed by atoms with van der Waals surface area (Å²) in [5.41, 5.74) is 5.38. The molecule has 168 valence electrons. The molecule has 3 aromatic carbocycles. The van der Waals surface area contributed by atoms with Crippen LogP contribution < -0.4 is 9.64 Å². The van der Waals surface area contributed by atoms with Gasteiger partial charge in [0.2, 0.25) is 0 Å². The number of rotatable bonds is 8. The molecule has 4 rings (SSSR count). The quantitative estimate of drug-likeness (QED) is 0.557. The molecule has 0 radical (unpaired) electrons. The van der Waals surface area contributed by atoms with E-state index in [2.05, 4.69) is 81.6 Å². The van der Waals surface area contributed by atoms with Crippen LogP contribution in [0.3, 0.4) is 0 Å². The lowest BCUT2D eigenvalue weighted by Gasteiger charge is -2.31. The van der Waals surface area contributed by atoms with E-state index in [4.69, 9.17) is 4.74 Å². The largest absolute Gasteiger partial charge is 0.491 e. The van der Waals surface area contributed by atoms with Crippen LogP contribution in [0.1, 0.15) is 55.0 Å². The Balaban J connectivity index is 1.32. The van der Waals surface area contributed by atoms with Gasteiger partial charge in [0, 0.05) is 17.4 Å². The van der Waals surface area contributed by atoms with Crippen LogP contribution in [0.2, 0.25) is 0 Å². The van der Waals surface area contributed by atoms with Gasteiger partial charge in [0.1, 0.15) is 31.0 Å². The molecule has 0 spiro atoms. The molecule has 0 aliphatic heterocycles. The van der Waals surface area contributed by atoms with Crippen LogP contribution in [-0.4, -0.2) is 31.4 Å². The number of likely N-dealkylation sites (N-methyl/N-ethyl adjacent to an activating group) is 1. The standard InChI is InChI=1S/C29H35NO2/c1-29(2,23-12-5-4-6-13-23)24-16-18-26(19-17-24)32-21-25(31)20-30(3)28-15-9-11-22-10-7-8-14-27(22)28/h4-8,10,12-14,16-19,25,28,31H,9,11,15,20-21H2,1-3H3/p+1/t25-,28+/m0/s1. The summed E-state index contributed by atoms with van der Waals surface area (Å²) in [7, 11) is 2.19. The van der Waals surface area contributed by atoms with E-state index in [1.807, 2.05) is 18.2 Å². The van der Waals surface area contributed by atoms with Gasteiger partial charge in [0.15, 0.2) is 0 Å². The Hall–Kier alpha value is -2.62. The maximum atomic E-state index is 10.6. The van der Waals surface area contributed by atoms with Gasteiger partial charge in [-0.3, -0.25) is 0 Å². The third kappa shape index (κ3) is 5.06. The minimum atomic E-state index is -0.496. The number of fused-ring (bicyclic) bond motifs is 1. The maximum absolute atomic E-state index is 10.6. The van der Waals surface area contributed by atoms with Crippen molar-refractivity contribution in [1.29, 1.82) is 0 Å². The molecule has 32 heavy (non-hydrogen) atoms. The lowest BCUT2D eigenvalue weighted by Crippen LogP contribution is -3.10. The van der Waals surface area contributed by atoms with Gasteiger partial charge in [-0.2, -0.15) is 0 Å². The second-order valence-electron chi connectivity index (χ2n) is 9.67. The minimum Gasteiger partial charge on any atom is -0.491 e. The van der Waals surface area contributed by atoms with Crippen molar-refractivity contribution in [3.63, 3.8) is 0 Å². The number of aryl methyl sites for hydroxylation is 1. The molecule has 1 unspecified atom stereocenters. The molecule has 0 saturated carbocycles. The Morgan fingerprint density at radius 2 is 1.59 bits per heavy atom. The zero-order valence-corrected chi connectivity index (χ0v) is 19.6. The number of aliphatic hydroxyl groups is 1. The molecule has 3 atom stereocenters. The van der Waals surface area contributed by atoms with Crippen molar-refractivity contribution in [3.05, 3.63) is 101 Å². The van der Waals surface area contributed by atoms with E-state index in [1.54, 1.807) is 0 Å². The number of hydrogen-bond donors (Lipinski definition) is 2. The monoisotopic (exact) mass is 430 g/mol. The van der Waals surface area contributed by atoms with Gasteiger partial charge in [-0.25, -0.2) is 0 Å². The van der Waals surface area contributed by atoms with Crippen molar-refractivity contribution in [2.75, 3.05) is 20.2 Å². The molecule has 3 heteroatoms. The van der Waals surface area contributed by atoms with E-state index in [-0.39, 0.29) is 5.41 Å². The predicted octanol–water partition coefficient (Wildman–Crippen LogP) is 4.34. The molecule has 0 bridgehead atoms. The summed E-state index contributed by atoms with van der Waals surface area (Å²) in [6.45, 7) is 5.47. The number of nitrogens with one attached hydrogen (secondary N) is 1. The fourth-order valence-corrected chi connectivity index (χ4v) is 5.02. The summed E-state index contributed by atoms with van der Waals surface area (Å²) >= 11 is 0. The van der Waals surface area contributed by atoms with Crippen molar-refractivity contribution >= 4 is 0 Å². The molecule has 0 amide bonds. The third-order valence-corrected chi connectivity index (χ3v) is 7.04. The highest BCUT2D eigenvalue weighted by Gasteiger charge is 2.28. The number of aliphatic hydroxyl groups excluding tert-OH is 1. The molecule has 3 aromatic rings. The Morgan fingerprint density at radius 3 is 2.34 bits per heavy atom. The zero-order valence-electron chi connectivity index (χ0n) is 19.6. The van der Waals surface area contributed by atoms with Gasteiger partial charge in [-0.1, -0.05) is 80.6 Å². The Morgan fingerprint density at radius 1 is 0.938 bits per heavy atom. The Bertz CT molecular complexity index is 997. The summed E-state index contributed by atoms with van der Waals surface area (Å²) in [5, 5.41) is 10.6. The molecule has 0 fully saturated rings. The highest BCUT2D eigenvalue weighted by atomic mass is 16.5. The normalized spacial score (nSPS) is 17.9. The highest BCUT2D eigenvalue weighted by molar-refractivity contribution is 5.40. The van der Waals surface area contributed by atoms with Crippen LogP contribution in [0.15, 0.2) is 78.9 Å². The number of ether oxygens (including phenoxy) is 1. The first-order valence-electron chi connectivity index (χ1n) is 11.8. The van der Waals surface area contributed by atoms with Crippen LogP contribution in [-0.2, 0) is 11.8 Å². The summed E-state index contributed by atoms with van der Waals surface area (Å²) < 4.78 is 5.94. The average Bonchev–Trinajstić information content (AvgIpc) is 2.83. The number of benzene rings is 3. The topological polar surface area (TPSA) is 33.9 Å². The van der Waals surface area contributed by atoms with Crippen molar-refractivity contribution in [2.45, 2.75) is 50.7 Å². The van der Waals surface area contributed by atoms with Gasteiger partial charge < -0.3 is 14.7 Å².